The smallest absolute Gasteiger partial charge is 0.164 e. The van der Waals surface area contributed by atoms with Gasteiger partial charge in [-0.15, -0.1) is 0 Å². The molecule has 8 heteroatoms. The van der Waals surface area contributed by atoms with Crippen LogP contribution in [-0.2, 0) is 0 Å². The molecule has 1 atom stereocenters. The van der Waals surface area contributed by atoms with Gasteiger partial charge < -0.3 is 15.4 Å². The third kappa shape index (κ3) is 3.21. The summed E-state index contributed by atoms with van der Waals surface area (Å²) in [5.74, 6) is 2.08. The number of hydrogen-bond donors (Lipinski definition) is 2. The molecule has 2 aliphatic rings. The Morgan fingerprint density at radius 1 is 1.19 bits per heavy atom. The van der Waals surface area contributed by atoms with Crippen molar-refractivity contribution in [3.63, 3.8) is 0 Å². The Morgan fingerprint density at radius 3 is 2.89 bits per heavy atom. The topological polar surface area (TPSA) is 89.3 Å². The molecule has 0 bridgehead atoms. The van der Waals surface area contributed by atoms with Gasteiger partial charge in [0.1, 0.15) is 5.82 Å². The molecule has 0 aromatic carbocycles. The summed E-state index contributed by atoms with van der Waals surface area (Å²) in [5.41, 5.74) is 3.47. The van der Waals surface area contributed by atoms with Crippen LogP contribution in [0.5, 0.6) is 5.75 Å². The van der Waals surface area contributed by atoms with Crippen LogP contribution in [0, 0.1) is 0 Å². The molecule has 0 radical (unpaired) electrons. The molecule has 5 rings (SSSR count). The maximum atomic E-state index is 5.51. The zero-order chi connectivity index (χ0) is 18.2. The molecule has 2 N–H and O–H groups in total. The van der Waals surface area contributed by atoms with E-state index in [0.29, 0.717) is 12.0 Å². The number of nitrogens with zero attached hydrogens (tertiary/aromatic N) is 5. The number of fused-ring (bicyclic) bond motifs is 1. The van der Waals surface area contributed by atoms with Crippen LogP contribution in [0.2, 0.25) is 0 Å². The highest BCUT2D eigenvalue weighted by Crippen LogP contribution is 2.43. The van der Waals surface area contributed by atoms with E-state index in [9.17, 15) is 0 Å². The van der Waals surface area contributed by atoms with E-state index in [1.165, 1.54) is 6.42 Å². The predicted molar refractivity (Wildman–Crippen MR) is 102 cm³/mol. The number of hydrogen-bond acceptors (Lipinski definition) is 7. The molecule has 27 heavy (non-hydrogen) atoms. The zero-order valence-corrected chi connectivity index (χ0v) is 15.4. The van der Waals surface area contributed by atoms with Crippen molar-refractivity contribution in [3.05, 3.63) is 30.5 Å². The van der Waals surface area contributed by atoms with Crippen molar-refractivity contribution >= 4 is 11.5 Å². The second-order valence-electron chi connectivity index (χ2n) is 7.27. The molecule has 1 aliphatic carbocycles. The lowest BCUT2D eigenvalue weighted by Gasteiger charge is -2.24. The van der Waals surface area contributed by atoms with E-state index in [4.69, 9.17) is 14.7 Å². The first kappa shape index (κ1) is 16.4. The van der Waals surface area contributed by atoms with Crippen LogP contribution in [0.4, 0.5) is 5.82 Å². The maximum Gasteiger partial charge on any atom is 0.164 e. The van der Waals surface area contributed by atoms with Crippen LogP contribution in [0.15, 0.2) is 24.8 Å². The summed E-state index contributed by atoms with van der Waals surface area (Å²) in [6, 6.07) is 0.385. The van der Waals surface area contributed by atoms with Gasteiger partial charge >= 0.3 is 0 Å². The number of rotatable bonds is 5. The van der Waals surface area contributed by atoms with Gasteiger partial charge in [0, 0.05) is 18.5 Å². The van der Waals surface area contributed by atoms with Crippen molar-refractivity contribution in [2.24, 2.45) is 0 Å². The van der Waals surface area contributed by atoms with E-state index < -0.39 is 0 Å². The van der Waals surface area contributed by atoms with Gasteiger partial charge in [0.2, 0.25) is 0 Å². The van der Waals surface area contributed by atoms with Crippen molar-refractivity contribution in [1.29, 1.82) is 0 Å². The minimum atomic E-state index is 0.385. The lowest BCUT2D eigenvalue weighted by molar-refractivity contribution is 0.403. The van der Waals surface area contributed by atoms with Crippen LogP contribution in [-0.4, -0.2) is 50.8 Å². The van der Waals surface area contributed by atoms with Gasteiger partial charge in [-0.1, -0.05) is 0 Å². The van der Waals surface area contributed by atoms with Crippen LogP contribution >= 0.6 is 0 Å². The van der Waals surface area contributed by atoms with E-state index in [0.717, 1.165) is 66.5 Å². The first-order valence-electron chi connectivity index (χ1n) is 9.54. The highest BCUT2D eigenvalue weighted by atomic mass is 16.5. The molecule has 4 heterocycles. The van der Waals surface area contributed by atoms with Crippen molar-refractivity contribution in [1.82, 2.24) is 29.9 Å². The number of methoxy groups -OCH3 is 1. The molecule has 2 fully saturated rings. The molecule has 3 aromatic heterocycles. The minimum absolute atomic E-state index is 0.385. The molecule has 1 saturated carbocycles. The molecule has 1 aliphatic heterocycles. The molecule has 3 aromatic rings. The van der Waals surface area contributed by atoms with Crippen molar-refractivity contribution < 1.29 is 4.74 Å². The number of aromatic nitrogens is 5. The lowest BCUT2D eigenvalue weighted by Crippen LogP contribution is -2.38. The Kier molecular flexibility index (Phi) is 4.12. The molecular weight excluding hydrogens is 342 g/mol. The fourth-order valence-corrected chi connectivity index (χ4v) is 3.64. The van der Waals surface area contributed by atoms with Crippen LogP contribution < -0.4 is 15.4 Å². The van der Waals surface area contributed by atoms with E-state index in [1.54, 1.807) is 30.2 Å². The Bertz CT molecular complexity index is 960. The minimum Gasteiger partial charge on any atom is -0.493 e. The average molecular weight is 365 g/mol. The Morgan fingerprint density at radius 2 is 2.11 bits per heavy atom. The van der Waals surface area contributed by atoms with Crippen LogP contribution in [0.1, 0.15) is 37.3 Å². The fourth-order valence-electron chi connectivity index (χ4n) is 3.64. The third-order valence-electron chi connectivity index (χ3n) is 5.23. The van der Waals surface area contributed by atoms with Crippen molar-refractivity contribution in [2.45, 2.75) is 37.6 Å². The Labute approximate surface area is 157 Å². The third-order valence-corrected chi connectivity index (χ3v) is 5.23. The molecule has 1 saturated heterocycles. The molecule has 8 nitrogen and oxygen atoms in total. The quantitative estimate of drug-likeness (QED) is 0.717. The average Bonchev–Trinajstić information content (AvgIpc) is 3.47. The predicted octanol–water partition coefficient (Wildman–Crippen LogP) is 2.24. The fraction of sp³-hybridized carbons (Fsp3) is 0.474. The largest absolute Gasteiger partial charge is 0.493 e. The summed E-state index contributed by atoms with van der Waals surface area (Å²) in [5, 5.41) is 11.3. The van der Waals surface area contributed by atoms with E-state index in [2.05, 4.69) is 20.7 Å². The van der Waals surface area contributed by atoms with E-state index in [1.807, 2.05) is 6.20 Å². The molecular formula is C19H23N7O. The first-order chi connectivity index (χ1) is 13.3. The molecule has 140 valence electrons. The summed E-state index contributed by atoms with van der Waals surface area (Å²) in [7, 11) is 1.68. The second kappa shape index (κ2) is 6.77. The van der Waals surface area contributed by atoms with Gasteiger partial charge in [0.25, 0.3) is 0 Å². The van der Waals surface area contributed by atoms with E-state index >= 15 is 0 Å². The second-order valence-corrected chi connectivity index (χ2v) is 7.27. The zero-order valence-electron chi connectivity index (χ0n) is 15.4. The molecule has 0 amide bonds. The standard InChI is InChI=1S/C19H23N7O/c1-27-16-11-26-19(25-18(16)12-4-5-12)14(8-22-26)15-9-21-10-17(24-15)23-13-3-2-6-20-7-13/h8-13,20H,2-7H2,1H3,(H,23,24). The summed E-state index contributed by atoms with van der Waals surface area (Å²) < 4.78 is 7.26. The van der Waals surface area contributed by atoms with Crippen molar-refractivity contribution in [3.8, 4) is 17.0 Å². The first-order valence-corrected chi connectivity index (χ1v) is 9.54. The van der Waals surface area contributed by atoms with Gasteiger partial charge in [0.15, 0.2) is 11.4 Å². The Hall–Kier alpha value is -2.74. The number of ether oxygens (including phenoxy) is 1. The number of nitrogens with one attached hydrogen (secondary N) is 2. The van der Waals surface area contributed by atoms with Gasteiger partial charge in [-0.05, 0) is 32.2 Å². The normalized spacial score (nSPS) is 20.0. The summed E-state index contributed by atoms with van der Waals surface area (Å²) >= 11 is 0. The highest BCUT2D eigenvalue weighted by molar-refractivity contribution is 5.75. The summed E-state index contributed by atoms with van der Waals surface area (Å²) in [6.45, 7) is 2.04. The lowest BCUT2D eigenvalue weighted by atomic mass is 10.1. The van der Waals surface area contributed by atoms with Crippen LogP contribution in [0.3, 0.4) is 0 Å². The van der Waals surface area contributed by atoms with Crippen molar-refractivity contribution in [2.75, 3.05) is 25.5 Å². The monoisotopic (exact) mass is 365 g/mol. The number of anilines is 1. The van der Waals surface area contributed by atoms with Gasteiger partial charge in [-0.3, -0.25) is 4.98 Å². The van der Waals surface area contributed by atoms with E-state index in [-0.39, 0.29) is 0 Å². The molecule has 0 spiro atoms. The number of piperidine rings is 1. The van der Waals surface area contributed by atoms with Gasteiger partial charge in [-0.2, -0.15) is 5.10 Å². The highest BCUT2D eigenvalue weighted by Gasteiger charge is 2.29. The Balaban J connectivity index is 1.49. The van der Waals surface area contributed by atoms with Gasteiger partial charge in [-0.25, -0.2) is 14.5 Å². The van der Waals surface area contributed by atoms with Gasteiger partial charge in [0.05, 0.1) is 48.8 Å². The SMILES string of the molecule is COc1cn2ncc(-c3cncc(NC4CCCNC4)n3)c2nc1C1CC1. The summed E-state index contributed by atoms with van der Waals surface area (Å²) in [6.07, 6.45) is 11.9. The van der Waals surface area contributed by atoms with Crippen LogP contribution in [0.25, 0.3) is 16.9 Å². The molecule has 1 unspecified atom stereocenters. The maximum absolute atomic E-state index is 5.51. The summed E-state index contributed by atoms with van der Waals surface area (Å²) in [4.78, 5) is 14.0.